The first-order chi connectivity index (χ1) is 9.53. The van der Waals surface area contributed by atoms with Crippen LogP contribution in [-0.4, -0.2) is 39.1 Å². The van der Waals surface area contributed by atoms with Crippen molar-refractivity contribution in [2.75, 3.05) is 20.3 Å². The van der Waals surface area contributed by atoms with Crippen molar-refractivity contribution in [2.24, 2.45) is 0 Å². The van der Waals surface area contributed by atoms with Crippen LogP contribution >= 0.6 is 0 Å². The van der Waals surface area contributed by atoms with Gasteiger partial charge in [-0.15, -0.1) is 0 Å². The average molecular weight is 299 g/mol. The van der Waals surface area contributed by atoms with Gasteiger partial charge in [0, 0.05) is 6.54 Å². The molecule has 7 heteroatoms. The van der Waals surface area contributed by atoms with Crippen molar-refractivity contribution in [2.45, 2.75) is 18.6 Å². The van der Waals surface area contributed by atoms with Crippen molar-refractivity contribution in [3.63, 3.8) is 0 Å². The van der Waals surface area contributed by atoms with E-state index in [1.165, 1.54) is 7.11 Å². The zero-order valence-electron chi connectivity index (χ0n) is 11.2. The van der Waals surface area contributed by atoms with Crippen molar-refractivity contribution in [3.8, 4) is 0 Å². The largest absolute Gasteiger partial charge is 0.465 e. The molecule has 1 aliphatic rings. The molecule has 0 amide bonds. The van der Waals surface area contributed by atoms with Crippen LogP contribution in [0.4, 0.5) is 0 Å². The predicted octanol–water partition coefficient (Wildman–Crippen LogP) is 1.33. The molecule has 0 unspecified atom stereocenters. The number of carbonyl (C=O) groups is 1. The Labute approximate surface area is 118 Å². The SMILES string of the molecule is COC(=O)c1ccc(CS(=O)(=O)N2CCCCO2)cc1. The van der Waals surface area contributed by atoms with Crippen LogP contribution in [-0.2, 0) is 25.4 Å². The van der Waals surface area contributed by atoms with Gasteiger partial charge in [0.2, 0.25) is 10.0 Å². The van der Waals surface area contributed by atoms with Crippen LogP contribution in [0.1, 0.15) is 28.8 Å². The van der Waals surface area contributed by atoms with E-state index >= 15 is 0 Å². The van der Waals surface area contributed by atoms with Gasteiger partial charge < -0.3 is 4.74 Å². The highest BCUT2D eigenvalue weighted by Crippen LogP contribution is 2.16. The second-order valence-electron chi connectivity index (χ2n) is 4.51. The van der Waals surface area contributed by atoms with Gasteiger partial charge in [-0.25, -0.2) is 13.2 Å². The first-order valence-electron chi connectivity index (χ1n) is 6.33. The van der Waals surface area contributed by atoms with Crippen LogP contribution < -0.4 is 0 Å². The fourth-order valence-corrected chi connectivity index (χ4v) is 3.33. The third-order valence-electron chi connectivity index (χ3n) is 3.00. The van der Waals surface area contributed by atoms with Crippen LogP contribution in [0.15, 0.2) is 24.3 Å². The number of methoxy groups -OCH3 is 1. The highest BCUT2D eigenvalue weighted by Gasteiger charge is 2.25. The van der Waals surface area contributed by atoms with Gasteiger partial charge >= 0.3 is 5.97 Å². The number of hydrogen-bond acceptors (Lipinski definition) is 5. The molecule has 1 aliphatic heterocycles. The number of hydrogen-bond donors (Lipinski definition) is 0. The molecule has 0 N–H and O–H groups in total. The second-order valence-corrected chi connectivity index (χ2v) is 6.37. The zero-order chi connectivity index (χ0) is 14.6. The van der Waals surface area contributed by atoms with E-state index in [2.05, 4.69) is 4.74 Å². The molecule has 1 saturated heterocycles. The summed E-state index contributed by atoms with van der Waals surface area (Å²) in [5.74, 6) is -0.590. The van der Waals surface area contributed by atoms with E-state index < -0.39 is 16.0 Å². The summed E-state index contributed by atoms with van der Waals surface area (Å²) in [6, 6.07) is 6.31. The van der Waals surface area contributed by atoms with Crippen molar-refractivity contribution >= 4 is 16.0 Å². The number of hydroxylamine groups is 1. The molecule has 0 aromatic heterocycles. The van der Waals surface area contributed by atoms with Gasteiger partial charge in [0.15, 0.2) is 0 Å². The Kier molecular flexibility index (Phi) is 4.74. The van der Waals surface area contributed by atoms with E-state index in [1.807, 2.05) is 0 Å². The fraction of sp³-hybridized carbons (Fsp3) is 0.462. The topological polar surface area (TPSA) is 72.9 Å². The average Bonchev–Trinajstić information content (AvgIpc) is 2.48. The van der Waals surface area contributed by atoms with Gasteiger partial charge in [0.05, 0.1) is 25.0 Å². The molecule has 110 valence electrons. The van der Waals surface area contributed by atoms with Crippen molar-refractivity contribution in [1.29, 1.82) is 0 Å². The van der Waals surface area contributed by atoms with Gasteiger partial charge in [-0.3, -0.25) is 4.84 Å². The Bertz CT molecular complexity index is 561. The molecule has 0 spiro atoms. The van der Waals surface area contributed by atoms with E-state index in [0.717, 1.165) is 17.3 Å². The third kappa shape index (κ3) is 3.56. The lowest BCUT2D eigenvalue weighted by Gasteiger charge is -2.25. The number of nitrogens with zero attached hydrogens (tertiary/aromatic N) is 1. The fourth-order valence-electron chi connectivity index (χ4n) is 1.93. The van der Waals surface area contributed by atoms with Gasteiger partial charge in [-0.05, 0) is 30.5 Å². The van der Waals surface area contributed by atoms with Crippen molar-refractivity contribution in [3.05, 3.63) is 35.4 Å². The Hall–Kier alpha value is -1.44. The zero-order valence-corrected chi connectivity index (χ0v) is 12.1. The van der Waals surface area contributed by atoms with Gasteiger partial charge in [-0.2, -0.15) is 0 Å². The maximum absolute atomic E-state index is 12.1. The number of carbonyl (C=O) groups excluding carboxylic acids is 1. The van der Waals surface area contributed by atoms with Crippen LogP contribution in [0.25, 0.3) is 0 Å². The molecule has 1 aromatic carbocycles. The number of benzene rings is 1. The van der Waals surface area contributed by atoms with E-state index in [9.17, 15) is 13.2 Å². The number of esters is 1. The summed E-state index contributed by atoms with van der Waals surface area (Å²) in [6.45, 7) is 0.823. The summed E-state index contributed by atoms with van der Waals surface area (Å²) in [7, 11) is -2.18. The molecule has 0 bridgehead atoms. The van der Waals surface area contributed by atoms with E-state index in [1.54, 1.807) is 24.3 Å². The maximum Gasteiger partial charge on any atom is 0.337 e. The molecule has 0 radical (unpaired) electrons. The first kappa shape index (κ1) is 15.0. The van der Waals surface area contributed by atoms with Crippen LogP contribution in [0.2, 0.25) is 0 Å². The van der Waals surface area contributed by atoms with Crippen LogP contribution in [0.3, 0.4) is 0 Å². The second kappa shape index (κ2) is 6.34. The predicted molar refractivity (Wildman–Crippen MR) is 72.3 cm³/mol. The lowest BCUT2D eigenvalue weighted by molar-refractivity contribution is -0.109. The highest BCUT2D eigenvalue weighted by atomic mass is 32.2. The van der Waals surface area contributed by atoms with E-state index in [0.29, 0.717) is 24.3 Å². The lowest BCUT2D eigenvalue weighted by atomic mass is 10.1. The summed E-state index contributed by atoms with van der Waals surface area (Å²) in [6.07, 6.45) is 1.68. The molecule has 0 saturated carbocycles. The van der Waals surface area contributed by atoms with E-state index in [-0.39, 0.29) is 5.75 Å². The van der Waals surface area contributed by atoms with E-state index in [4.69, 9.17) is 4.84 Å². The molecule has 1 fully saturated rings. The quantitative estimate of drug-likeness (QED) is 0.784. The molecule has 20 heavy (non-hydrogen) atoms. The van der Waals surface area contributed by atoms with Gasteiger partial charge in [-0.1, -0.05) is 16.6 Å². The molecule has 0 aliphatic carbocycles. The molecule has 1 aromatic rings. The van der Waals surface area contributed by atoms with Crippen molar-refractivity contribution in [1.82, 2.24) is 4.47 Å². The van der Waals surface area contributed by atoms with Crippen molar-refractivity contribution < 1.29 is 22.8 Å². The number of rotatable bonds is 4. The normalized spacial score (nSPS) is 16.9. The molecular formula is C13H17NO5S. The minimum atomic E-state index is -3.48. The Balaban J connectivity index is 2.07. The monoisotopic (exact) mass is 299 g/mol. The van der Waals surface area contributed by atoms with Crippen LogP contribution in [0.5, 0.6) is 0 Å². The number of ether oxygens (including phenoxy) is 1. The summed E-state index contributed by atoms with van der Waals surface area (Å²) < 4.78 is 29.9. The molecule has 0 atom stereocenters. The standard InChI is InChI=1S/C13H17NO5S/c1-18-13(15)12-6-4-11(5-7-12)10-20(16,17)14-8-2-3-9-19-14/h4-7H,2-3,8-10H2,1H3. The Morgan fingerprint density at radius 1 is 1.30 bits per heavy atom. The lowest BCUT2D eigenvalue weighted by Crippen LogP contribution is -2.36. The number of sulfonamides is 1. The highest BCUT2D eigenvalue weighted by molar-refractivity contribution is 7.88. The summed E-state index contributed by atoms with van der Waals surface area (Å²) >= 11 is 0. The molecular weight excluding hydrogens is 282 g/mol. The maximum atomic E-state index is 12.1. The molecule has 1 heterocycles. The Morgan fingerprint density at radius 3 is 2.55 bits per heavy atom. The van der Waals surface area contributed by atoms with Crippen LogP contribution in [0, 0.1) is 0 Å². The molecule has 2 rings (SSSR count). The smallest absolute Gasteiger partial charge is 0.337 e. The Morgan fingerprint density at radius 2 is 2.00 bits per heavy atom. The summed E-state index contributed by atoms with van der Waals surface area (Å²) in [5, 5.41) is 0. The molecule has 6 nitrogen and oxygen atoms in total. The summed E-state index contributed by atoms with van der Waals surface area (Å²) in [5.41, 5.74) is 0.995. The minimum Gasteiger partial charge on any atom is -0.465 e. The third-order valence-corrected chi connectivity index (χ3v) is 4.61. The first-order valence-corrected chi connectivity index (χ1v) is 7.94. The van der Waals surface area contributed by atoms with Gasteiger partial charge in [0.25, 0.3) is 0 Å². The summed E-state index contributed by atoms with van der Waals surface area (Å²) in [4.78, 5) is 16.5. The minimum absolute atomic E-state index is 0.144. The van der Waals surface area contributed by atoms with Gasteiger partial charge in [0.1, 0.15) is 0 Å².